The lowest BCUT2D eigenvalue weighted by Crippen LogP contribution is -2.48. The van der Waals surface area contributed by atoms with Gasteiger partial charge in [-0.15, -0.1) is 5.10 Å². The lowest BCUT2D eigenvalue weighted by atomic mass is 9.91. The summed E-state index contributed by atoms with van der Waals surface area (Å²) in [4.78, 5) is 8.50. The number of imidazole rings is 1. The van der Waals surface area contributed by atoms with Gasteiger partial charge < -0.3 is 15.7 Å². The van der Waals surface area contributed by atoms with Gasteiger partial charge in [0.1, 0.15) is 5.69 Å². The largest absolute Gasteiger partial charge is 0.390 e. The fourth-order valence-electron chi connectivity index (χ4n) is 3.08. The van der Waals surface area contributed by atoms with Crippen molar-refractivity contribution >= 4 is 57.1 Å². The number of rotatable bonds is 4. The highest BCUT2D eigenvalue weighted by molar-refractivity contribution is 8.01. The van der Waals surface area contributed by atoms with E-state index in [2.05, 4.69) is 16.9 Å². The Bertz CT molecular complexity index is 977. The van der Waals surface area contributed by atoms with Crippen LogP contribution in [0.3, 0.4) is 0 Å². The van der Waals surface area contributed by atoms with E-state index >= 15 is 0 Å². The molecule has 1 fully saturated rings. The smallest absolute Gasteiger partial charge is 0.215 e. The predicted molar refractivity (Wildman–Crippen MR) is 111 cm³/mol. The van der Waals surface area contributed by atoms with Gasteiger partial charge in [0.05, 0.1) is 16.7 Å². The molecular weight excluding hydrogens is 425 g/mol. The third-order valence-electron chi connectivity index (χ3n) is 4.73. The van der Waals surface area contributed by atoms with Crippen LogP contribution in [0.4, 0.5) is 5.82 Å². The van der Waals surface area contributed by atoms with Crippen LogP contribution in [0.25, 0.3) is 4.96 Å². The van der Waals surface area contributed by atoms with Crippen molar-refractivity contribution in [2.45, 2.75) is 41.1 Å². The lowest BCUT2D eigenvalue weighted by molar-refractivity contribution is 0.273. The van der Waals surface area contributed by atoms with E-state index in [9.17, 15) is 5.11 Å². The standard InChI is InChI=1S/C17H19Cl2N5OS2/c1-17(20)5-7-23(8-6-17)14-11(9-25)24-15(21-14)27-16(22-24)26-12-4-2-3-10(18)13(12)19/h2-4,25H,5-9,20H2,1H3. The van der Waals surface area contributed by atoms with Gasteiger partial charge in [0.2, 0.25) is 4.96 Å². The first kappa shape index (κ1) is 19.3. The van der Waals surface area contributed by atoms with Crippen LogP contribution < -0.4 is 10.6 Å². The molecule has 0 radical (unpaired) electrons. The maximum Gasteiger partial charge on any atom is 0.215 e. The molecule has 2 aromatic heterocycles. The lowest BCUT2D eigenvalue weighted by Gasteiger charge is -2.37. The highest BCUT2D eigenvalue weighted by Gasteiger charge is 2.29. The van der Waals surface area contributed by atoms with Crippen molar-refractivity contribution in [1.82, 2.24) is 14.6 Å². The molecule has 27 heavy (non-hydrogen) atoms. The first-order valence-corrected chi connectivity index (χ1v) is 10.9. The second-order valence-electron chi connectivity index (χ2n) is 6.90. The number of anilines is 1. The molecule has 1 aliphatic heterocycles. The van der Waals surface area contributed by atoms with Gasteiger partial charge >= 0.3 is 0 Å². The van der Waals surface area contributed by atoms with Crippen molar-refractivity contribution < 1.29 is 5.11 Å². The molecule has 0 amide bonds. The fraction of sp³-hybridized carbons (Fsp3) is 0.412. The minimum atomic E-state index is -0.134. The highest BCUT2D eigenvalue weighted by Crippen LogP contribution is 2.39. The SMILES string of the molecule is CC1(N)CCN(c2nc3sc(Sc4cccc(Cl)c4Cl)nn3c2CO)CC1. The summed E-state index contributed by atoms with van der Waals surface area (Å²) in [5, 5.41) is 15.6. The van der Waals surface area contributed by atoms with Gasteiger partial charge in [0, 0.05) is 23.5 Å². The third-order valence-corrected chi connectivity index (χ3v) is 7.68. The van der Waals surface area contributed by atoms with Crippen LogP contribution in [0, 0.1) is 0 Å². The van der Waals surface area contributed by atoms with Crippen molar-refractivity contribution in [2.75, 3.05) is 18.0 Å². The van der Waals surface area contributed by atoms with E-state index in [0.29, 0.717) is 15.7 Å². The Labute approximate surface area is 175 Å². The van der Waals surface area contributed by atoms with Crippen molar-refractivity contribution in [1.29, 1.82) is 0 Å². The minimum absolute atomic E-state index is 0.126. The summed E-state index contributed by atoms with van der Waals surface area (Å²) in [6.45, 7) is 3.60. The summed E-state index contributed by atoms with van der Waals surface area (Å²) in [6.07, 6.45) is 1.79. The summed E-state index contributed by atoms with van der Waals surface area (Å²) in [6, 6.07) is 5.51. The van der Waals surface area contributed by atoms with Gasteiger partial charge in [-0.25, -0.2) is 4.52 Å². The average molecular weight is 444 g/mol. The molecule has 1 aliphatic rings. The number of aliphatic hydroxyl groups is 1. The Balaban J connectivity index is 1.62. The molecule has 0 aliphatic carbocycles. The molecule has 1 saturated heterocycles. The molecule has 0 unspecified atom stereocenters. The molecule has 3 heterocycles. The van der Waals surface area contributed by atoms with E-state index in [0.717, 1.165) is 45.9 Å². The van der Waals surface area contributed by atoms with E-state index in [1.165, 1.54) is 23.1 Å². The van der Waals surface area contributed by atoms with Gasteiger partial charge in [-0.2, -0.15) is 4.98 Å². The summed E-state index contributed by atoms with van der Waals surface area (Å²) in [5.41, 5.74) is 6.79. The molecular formula is C17H19Cl2N5OS2. The van der Waals surface area contributed by atoms with Crippen molar-refractivity contribution in [3.8, 4) is 0 Å². The summed E-state index contributed by atoms with van der Waals surface area (Å²) >= 11 is 15.3. The molecule has 4 rings (SSSR count). The zero-order valence-electron chi connectivity index (χ0n) is 14.7. The molecule has 1 aromatic carbocycles. The van der Waals surface area contributed by atoms with Crippen molar-refractivity contribution in [3.05, 3.63) is 33.9 Å². The first-order valence-electron chi connectivity index (χ1n) is 8.53. The number of hydrogen-bond donors (Lipinski definition) is 2. The van der Waals surface area contributed by atoms with Crippen LogP contribution >= 0.6 is 46.3 Å². The van der Waals surface area contributed by atoms with Gasteiger partial charge in [-0.3, -0.25) is 0 Å². The molecule has 144 valence electrons. The van der Waals surface area contributed by atoms with Crippen LogP contribution in [0.15, 0.2) is 27.4 Å². The Morgan fingerprint density at radius 3 is 2.78 bits per heavy atom. The predicted octanol–water partition coefficient (Wildman–Crippen LogP) is 4.06. The number of piperidine rings is 1. The Morgan fingerprint density at radius 2 is 2.07 bits per heavy atom. The van der Waals surface area contributed by atoms with Crippen LogP contribution in [-0.2, 0) is 6.61 Å². The quantitative estimate of drug-likeness (QED) is 0.632. The third kappa shape index (κ3) is 3.79. The monoisotopic (exact) mass is 443 g/mol. The molecule has 0 spiro atoms. The molecule has 0 saturated carbocycles. The maximum atomic E-state index is 9.93. The molecule has 0 bridgehead atoms. The van der Waals surface area contributed by atoms with E-state index in [4.69, 9.17) is 33.9 Å². The van der Waals surface area contributed by atoms with Crippen molar-refractivity contribution in [3.63, 3.8) is 0 Å². The molecule has 3 aromatic rings. The number of nitrogens with two attached hydrogens (primary N) is 1. The van der Waals surface area contributed by atoms with Crippen LogP contribution in [0.2, 0.25) is 10.0 Å². The van der Waals surface area contributed by atoms with Crippen molar-refractivity contribution in [2.24, 2.45) is 5.73 Å². The van der Waals surface area contributed by atoms with Crippen LogP contribution in [0.1, 0.15) is 25.5 Å². The zero-order chi connectivity index (χ0) is 19.2. The highest BCUT2D eigenvalue weighted by atomic mass is 35.5. The first-order chi connectivity index (χ1) is 12.9. The summed E-state index contributed by atoms with van der Waals surface area (Å²) in [7, 11) is 0. The number of aromatic nitrogens is 3. The van der Waals surface area contributed by atoms with Crippen LogP contribution in [0.5, 0.6) is 0 Å². The molecule has 3 N–H and O–H groups in total. The van der Waals surface area contributed by atoms with E-state index < -0.39 is 0 Å². The Morgan fingerprint density at radius 1 is 1.33 bits per heavy atom. The van der Waals surface area contributed by atoms with E-state index in [1.807, 2.05) is 12.1 Å². The van der Waals surface area contributed by atoms with E-state index in [1.54, 1.807) is 10.6 Å². The Kier molecular flexibility index (Phi) is 5.30. The second kappa shape index (κ2) is 7.42. The molecule has 10 heteroatoms. The number of fused-ring (bicyclic) bond motifs is 1. The number of hydrogen-bond acceptors (Lipinski definition) is 7. The van der Waals surface area contributed by atoms with Gasteiger partial charge in [0.15, 0.2) is 10.2 Å². The fourth-order valence-corrected chi connectivity index (χ4v) is 5.52. The summed E-state index contributed by atoms with van der Waals surface area (Å²) in [5.74, 6) is 0.795. The molecule has 6 nitrogen and oxygen atoms in total. The maximum absolute atomic E-state index is 9.93. The van der Waals surface area contributed by atoms with Gasteiger partial charge in [-0.1, -0.05) is 52.4 Å². The topological polar surface area (TPSA) is 79.7 Å². The Hall–Kier alpha value is -1.03. The van der Waals surface area contributed by atoms with E-state index in [-0.39, 0.29) is 12.1 Å². The van der Waals surface area contributed by atoms with Gasteiger partial charge in [0.25, 0.3) is 0 Å². The number of benzene rings is 1. The second-order valence-corrected chi connectivity index (χ2v) is 9.93. The number of halogens is 2. The number of aliphatic hydroxyl groups excluding tert-OH is 1. The minimum Gasteiger partial charge on any atom is -0.390 e. The zero-order valence-corrected chi connectivity index (χ0v) is 17.8. The summed E-state index contributed by atoms with van der Waals surface area (Å²) < 4.78 is 2.51. The molecule has 0 atom stereocenters. The number of nitrogens with zero attached hydrogens (tertiary/aromatic N) is 4. The van der Waals surface area contributed by atoms with Gasteiger partial charge in [-0.05, 0) is 31.9 Å². The average Bonchev–Trinajstić information content (AvgIpc) is 3.16. The van der Waals surface area contributed by atoms with Crippen LogP contribution in [-0.4, -0.2) is 38.3 Å². The normalized spacial score (nSPS) is 17.0.